The molecule has 1 aliphatic heterocycles. The number of ether oxygens (including phenoxy) is 1. The number of Topliss-reactive ketones (excluding diaryl/α,β-unsaturated/α-hetero) is 1. The number of esters is 1. The van der Waals surface area contributed by atoms with Crippen molar-refractivity contribution in [3.63, 3.8) is 0 Å². The molecule has 1 aromatic rings. The van der Waals surface area contributed by atoms with Crippen molar-refractivity contribution in [2.24, 2.45) is 29.6 Å². The molecule has 2 bridgehead atoms. The quantitative estimate of drug-likeness (QED) is 0.215. The summed E-state index contributed by atoms with van der Waals surface area (Å²) < 4.78 is 5.18. The highest BCUT2D eigenvalue weighted by molar-refractivity contribution is 6.09. The van der Waals surface area contributed by atoms with Crippen LogP contribution in [0, 0.1) is 39.7 Å². The summed E-state index contributed by atoms with van der Waals surface area (Å²) in [5.74, 6) is -2.68. The summed E-state index contributed by atoms with van der Waals surface area (Å²) in [6, 6.07) is 4.04. The van der Waals surface area contributed by atoms with E-state index in [4.69, 9.17) is 4.74 Å². The minimum Gasteiger partial charge on any atom is -0.456 e. The predicted molar refractivity (Wildman–Crippen MR) is 107 cm³/mol. The van der Waals surface area contributed by atoms with Crippen LogP contribution in [-0.2, 0) is 19.1 Å². The summed E-state index contributed by atoms with van der Waals surface area (Å²) >= 11 is 0. The molecule has 1 saturated heterocycles. The van der Waals surface area contributed by atoms with Crippen LogP contribution in [0.5, 0.6) is 0 Å². The number of benzene rings is 1. The lowest BCUT2D eigenvalue weighted by molar-refractivity contribution is -0.384. The van der Waals surface area contributed by atoms with E-state index in [9.17, 15) is 29.3 Å². The summed E-state index contributed by atoms with van der Waals surface area (Å²) in [5.41, 5.74) is -0.200. The zero-order valence-electron chi connectivity index (χ0n) is 17.4. The third-order valence-electron chi connectivity index (χ3n) is 6.84. The van der Waals surface area contributed by atoms with Gasteiger partial charge in [-0.2, -0.15) is 0 Å². The number of hydrogen-bond acceptors (Lipinski definition) is 7. The minimum atomic E-state index is -1.09. The molecule has 2 amide bonds. The predicted octanol–water partition coefficient (Wildman–Crippen LogP) is 2.38. The minimum absolute atomic E-state index is 0.0440. The number of carbonyl (C=O) groups is 4. The zero-order chi connectivity index (χ0) is 22.4. The number of fused-ring (bicyclic) bond motifs is 5. The van der Waals surface area contributed by atoms with Crippen molar-refractivity contribution >= 4 is 29.3 Å². The Morgan fingerprint density at radius 3 is 2.32 bits per heavy atom. The van der Waals surface area contributed by atoms with Crippen molar-refractivity contribution in [3.8, 4) is 0 Å². The van der Waals surface area contributed by atoms with Crippen LogP contribution in [0.15, 0.2) is 24.3 Å². The SMILES string of the molecule is CC(C)[C@@H](C(=O)OCC(=O)c1cccc([N+](=O)[O-])c1)N1C(=O)[C@H]2[C@@H]3CC[C@@H](C3)[C@@H]2C1=O. The molecule has 3 aliphatic rings. The largest absolute Gasteiger partial charge is 0.456 e. The standard InChI is InChI=1S/C22H24N2O7/c1-11(2)19(23-20(26)17-13-6-7-14(8-13)18(17)21(23)27)22(28)31-10-16(25)12-4-3-5-15(9-12)24(29)30/h3-5,9,11,13-14,17-19H,6-8,10H2,1-2H3/t13-,14+,17-,18-,19-/m0/s1. The number of carbonyl (C=O) groups excluding carboxylic acids is 4. The van der Waals surface area contributed by atoms with Crippen molar-refractivity contribution in [3.05, 3.63) is 39.9 Å². The Bertz CT molecular complexity index is 944. The van der Waals surface area contributed by atoms with Crippen LogP contribution in [-0.4, -0.2) is 46.0 Å². The zero-order valence-corrected chi connectivity index (χ0v) is 17.4. The van der Waals surface area contributed by atoms with E-state index in [0.29, 0.717) is 0 Å². The number of rotatable bonds is 7. The molecule has 9 heteroatoms. The molecule has 164 valence electrons. The first-order valence-electron chi connectivity index (χ1n) is 10.5. The number of imide groups is 1. The first-order chi connectivity index (χ1) is 14.7. The van der Waals surface area contributed by atoms with Gasteiger partial charge in [0.2, 0.25) is 17.6 Å². The van der Waals surface area contributed by atoms with Gasteiger partial charge >= 0.3 is 5.97 Å². The van der Waals surface area contributed by atoms with Gasteiger partial charge in [0.15, 0.2) is 6.61 Å². The van der Waals surface area contributed by atoms with E-state index >= 15 is 0 Å². The Labute approximate surface area is 178 Å². The summed E-state index contributed by atoms with van der Waals surface area (Å²) in [6.07, 6.45) is 2.77. The van der Waals surface area contributed by atoms with Gasteiger partial charge in [-0.3, -0.25) is 29.4 Å². The molecule has 2 saturated carbocycles. The second-order valence-electron chi connectivity index (χ2n) is 8.96. The topological polar surface area (TPSA) is 124 Å². The Hall–Kier alpha value is -3.10. The average molecular weight is 428 g/mol. The number of amides is 2. The molecular formula is C22H24N2O7. The van der Waals surface area contributed by atoms with Gasteiger partial charge in [0.1, 0.15) is 6.04 Å². The fourth-order valence-electron chi connectivity index (χ4n) is 5.48. The van der Waals surface area contributed by atoms with Crippen molar-refractivity contribution in [1.29, 1.82) is 0 Å². The van der Waals surface area contributed by atoms with Crippen LogP contribution >= 0.6 is 0 Å². The monoisotopic (exact) mass is 428 g/mol. The van der Waals surface area contributed by atoms with E-state index in [1.807, 2.05) is 0 Å². The molecule has 1 heterocycles. The van der Waals surface area contributed by atoms with Crippen LogP contribution in [0.25, 0.3) is 0 Å². The van der Waals surface area contributed by atoms with E-state index in [0.717, 1.165) is 30.2 Å². The van der Waals surface area contributed by atoms with Gasteiger partial charge in [-0.05, 0) is 37.0 Å². The van der Waals surface area contributed by atoms with Crippen LogP contribution in [0.3, 0.4) is 0 Å². The van der Waals surface area contributed by atoms with Gasteiger partial charge in [0, 0.05) is 17.7 Å². The van der Waals surface area contributed by atoms with Gasteiger partial charge in [0.25, 0.3) is 5.69 Å². The lowest BCUT2D eigenvalue weighted by Crippen LogP contribution is -2.50. The first kappa shape index (κ1) is 21.1. The lowest BCUT2D eigenvalue weighted by atomic mass is 9.81. The molecular weight excluding hydrogens is 404 g/mol. The fraction of sp³-hybridized carbons (Fsp3) is 0.545. The van der Waals surface area contributed by atoms with Crippen LogP contribution in [0.1, 0.15) is 43.5 Å². The molecule has 9 nitrogen and oxygen atoms in total. The van der Waals surface area contributed by atoms with Gasteiger partial charge in [-0.1, -0.05) is 26.0 Å². The highest BCUT2D eigenvalue weighted by atomic mass is 16.6. The maximum atomic E-state index is 13.1. The van der Waals surface area contributed by atoms with Crippen LogP contribution < -0.4 is 0 Å². The van der Waals surface area contributed by atoms with Crippen molar-refractivity contribution in [1.82, 2.24) is 4.90 Å². The van der Waals surface area contributed by atoms with E-state index in [1.54, 1.807) is 13.8 Å². The van der Waals surface area contributed by atoms with Crippen LogP contribution in [0.4, 0.5) is 5.69 Å². The summed E-state index contributed by atoms with van der Waals surface area (Å²) in [5, 5.41) is 10.9. The molecule has 1 aromatic carbocycles. The van der Waals surface area contributed by atoms with Crippen molar-refractivity contribution in [2.75, 3.05) is 6.61 Å². The third kappa shape index (κ3) is 3.51. The summed E-state index contributed by atoms with van der Waals surface area (Å²) in [4.78, 5) is 62.7. The Morgan fingerprint density at radius 2 is 1.77 bits per heavy atom. The molecule has 3 fully saturated rings. The van der Waals surface area contributed by atoms with Crippen LogP contribution in [0.2, 0.25) is 0 Å². The summed E-state index contributed by atoms with van der Waals surface area (Å²) in [7, 11) is 0. The molecule has 0 unspecified atom stereocenters. The number of nitro groups is 1. The molecule has 0 N–H and O–H groups in total. The Balaban J connectivity index is 1.47. The molecule has 31 heavy (non-hydrogen) atoms. The second-order valence-corrected chi connectivity index (χ2v) is 8.96. The Kier molecular flexibility index (Phi) is 5.36. The average Bonchev–Trinajstić information content (AvgIpc) is 3.42. The van der Waals surface area contributed by atoms with Gasteiger partial charge < -0.3 is 4.74 Å². The van der Waals surface area contributed by atoms with E-state index in [2.05, 4.69) is 0 Å². The van der Waals surface area contributed by atoms with Crippen molar-refractivity contribution in [2.45, 2.75) is 39.2 Å². The van der Waals surface area contributed by atoms with Gasteiger partial charge in [0.05, 0.1) is 16.8 Å². The molecule has 0 aromatic heterocycles. The number of nitro benzene ring substituents is 1. The highest BCUT2D eigenvalue weighted by Crippen LogP contribution is 2.56. The Morgan fingerprint density at radius 1 is 1.16 bits per heavy atom. The van der Waals surface area contributed by atoms with E-state index in [-0.39, 0.29) is 52.7 Å². The number of ketones is 1. The molecule has 4 rings (SSSR count). The number of hydrogen-bond donors (Lipinski definition) is 0. The maximum Gasteiger partial charge on any atom is 0.330 e. The lowest BCUT2D eigenvalue weighted by Gasteiger charge is -2.28. The molecule has 0 spiro atoms. The van der Waals surface area contributed by atoms with E-state index in [1.165, 1.54) is 18.2 Å². The normalized spacial score (nSPS) is 27.5. The third-order valence-corrected chi connectivity index (χ3v) is 6.84. The highest BCUT2D eigenvalue weighted by Gasteiger charge is 2.62. The maximum absolute atomic E-state index is 13.1. The number of non-ortho nitro benzene ring substituents is 1. The number of likely N-dealkylation sites (tertiary alicyclic amines) is 1. The molecule has 2 aliphatic carbocycles. The van der Waals surface area contributed by atoms with Gasteiger partial charge in [-0.25, -0.2) is 4.79 Å². The van der Waals surface area contributed by atoms with Gasteiger partial charge in [-0.15, -0.1) is 0 Å². The van der Waals surface area contributed by atoms with Crippen molar-refractivity contribution < 1.29 is 28.8 Å². The number of nitrogens with zero attached hydrogens (tertiary/aromatic N) is 2. The summed E-state index contributed by atoms with van der Waals surface area (Å²) in [6.45, 7) is 2.81. The second kappa shape index (κ2) is 7.86. The van der Waals surface area contributed by atoms with E-state index < -0.39 is 29.3 Å². The first-order valence-corrected chi connectivity index (χ1v) is 10.5. The molecule has 5 atom stereocenters. The smallest absolute Gasteiger partial charge is 0.330 e. The molecule has 0 radical (unpaired) electrons. The fourth-order valence-corrected chi connectivity index (χ4v) is 5.48.